The molecule has 6 nitrogen and oxygen atoms in total. The number of nitrogens with one attached hydrogen (secondary N) is 2. The fourth-order valence-corrected chi connectivity index (χ4v) is 5.38. The van der Waals surface area contributed by atoms with Crippen LogP contribution in [0.25, 0.3) is 5.57 Å². The Kier molecular flexibility index (Phi) is 8.62. The molecule has 2 aromatic carbocycles. The van der Waals surface area contributed by atoms with E-state index >= 15 is 0 Å². The van der Waals surface area contributed by atoms with Gasteiger partial charge < -0.3 is 10.6 Å². The van der Waals surface area contributed by atoms with Crippen molar-refractivity contribution in [2.24, 2.45) is 0 Å². The maximum Gasteiger partial charge on any atom is 0.175 e. The maximum absolute atomic E-state index is 13.4. The van der Waals surface area contributed by atoms with E-state index in [1.807, 2.05) is 6.08 Å². The highest BCUT2D eigenvalue weighted by Crippen LogP contribution is 2.28. The summed E-state index contributed by atoms with van der Waals surface area (Å²) < 4.78 is 72.6. The Morgan fingerprint density at radius 2 is 1.35 bits per heavy atom. The number of hydrogen-bond donors (Lipinski definition) is 2. The minimum Gasteiger partial charge on any atom is -0.317 e. The molecule has 1 saturated heterocycles. The van der Waals surface area contributed by atoms with Crippen LogP contribution in [0.3, 0.4) is 0 Å². The van der Waals surface area contributed by atoms with E-state index < -0.39 is 31.3 Å². The minimum atomic E-state index is -3.37. The SMILES string of the molecule is CS(=O)(=O)c1cc(F)cc(C2=CCNCC2)c1.CS(=O)(=O)c1cc(F)cc(C2CCNCC2)c1. The zero-order valence-electron chi connectivity index (χ0n) is 19.3. The van der Waals surface area contributed by atoms with Crippen LogP contribution in [0.2, 0.25) is 0 Å². The van der Waals surface area contributed by atoms with Gasteiger partial charge in [-0.15, -0.1) is 0 Å². The number of piperidine rings is 1. The normalized spacial score (nSPS) is 17.5. The number of hydrogen-bond acceptors (Lipinski definition) is 6. The topological polar surface area (TPSA) is 92.3 Å². The predicted molar refractivity (Wildman–Crippen MR) is 129 cm³/mol. The second-order valence-electron chi connectivity index (χ2n) is 8.65. The third-order valence-electron chi connectivity index (χ3n) is 5.87. The van der Waals surface area contributed by atoms with E-state index in [2.05, 4.69) is 10.6 Å². The molecule has 0 aromatic heterocycles. The highest BCUT2D eigenvalue weighted by atomic mass is 32.2. The Hall–Kier alpha value is -2.14. The van der Waals surface area contributed by atoms with Crippen LogP contribution in [-0.4, -0.2) is 55.5 Å². The Labute approximate surface area is 200 Å². The van der Waals surface area contributed by atoms with Gasteiger partial charge in [-0.05, 0) is 97.9 Å². The molecule has 2 aromatic rings. The first-order valence-corrected chi connectivity index (χ1v) is 14.8. The van der Waals surface area contributed by atoms with Crippen LogP contribution in [-0.2, 0) is 19.7 Å². The Morgan fingerprint density at radius 3 is 1.91 bits per heavy atom. The number of benzene rings is 2. The Morgan fingerprint density at radius 1 is 0.765 bits per heavy atom. The molecular weight excluding hydrogens is 482 g/mol. The zero-order valence-corrected chi connectivity index (χ0v) is 20.9. The third kappa shape index (κ3) is 7.43. The van der Waals surface area contributed by atoms with Crippen LogP contribution >= 0.6 is 0 Å². The van der Waals surface area contributed by atoms with E-state index in [1.165, 1.54) is 18.2 Å². The van der Waals surface area contributed by atoms with E-state index in [1.54, 1.807) is 6.07 Å². The molecule has 0 saturated carbocycles. The first kappa shape index (κ1) is 26.5. The van der Waals surface area contributed by atoms with Crippen molar-refractivity contribution in [3.05, 3.63) is 65.2 Å². The van der Waals surface area contributed by atoms with Crippen molar-refractivity contribution in [3.63, 3.8) is 0 Å². The van der Waals surface area contributed by atoms with Gasteiger partial charge in [0.25, 0.3) is 0 Å². The van der Waals surface area contributed by atoms with E-state index in [4.69, 9.17) is 0 Å². The molecule has 10 heteroatoms. The largest absolute Gasteiger partial charge is 0.317 e. The summed E-state index contributed by atoms with van der Waals surface area (Å²) in [6.07, 6.45) is 6.78. The van der Waals surface area contributed by atoms with Crippen molar-refractivity contribution in [2.45, 2.75) is 35.0 Å². The second-order valence-corrected chi connectivity index (χ2v) is 12.7. The molecule has 4 rings (SSSR count). The van der Waals surface area contributed by atoms with Gasteiger partial charge in [0.2, 0.25) is 0 Å². The third-order valence-corrected chi connectivity index (χ3v) is 8.05. The summed E-state index contributed by atoms with van der Waals surface area (Å²) in [6.45, 7) is 3.36. The molecule has 34 heavy (non-hydrogen) atoms. The lowest BCUT2D eigenvalue weighted by molar-refractivity contribution is 0.457. The van der Waals surface area contributed by atoms with Crippen LogP contribution < -0.4 is 10.6 Å². The Bertz CT molecular complexity index is 1270. The van der Waals surface area contributed by atoms with E-state index in [0.29, 0.717) is 5.56 Å². The van der Waals surface area contributed by atoms with E-state index in [-0.39, 0.29) is 15.7 Å². The van der Waals surface area contributed by atoms with Crippen molar-refractivity contribution in [2.75, 3.05) is 38.7 Å². The van der Waals surface area contributed by atoms with Crippen molar-refractivity contribution in [1.29, 1.82) is 0 Å². The minimum absolute atomic E-state index is 0.0342. The molecule has 1 fully saturated rings. The van der Waals surface area contributed by atoms with Crippen LogP contribution in [0.15, 0.2) is 52.3 Å². The summed E-state index contributed by atoms with van der Waals surface area (Å²) >= 11 is 0. The lowest BCUT2D eigenvalue weighted by Crippen LogP contribution is -2.26. The first-order valence-electron chi connectivity index (χ1n) is 11.1. The highest BCUT2D eigenvalue weighted by molar-refractivity contribution is 7.91. The summed E-state index contributed by atoms with van der Waals surface area (Å²) in [5.74, 6) is -0.726. The van der Waals surface area contributed by atoms with Crippen molar-refractivity contribution < 1.29 is 25.6 Å². The molecule has 0 amide bonds. The number of sulfone groups is 2. The summed E-state index contributed by atoms with van der Waals surface area (Å²) in [5.41, 5.74) is 2.45. The van der Waals surface area contributed by atoms with Crippen LogP contribution in [0, 0.1) is 11.6 Å². The summed E-state index contributed by atoms with van der Waals surface area (Å²) in [7, 11) is -6.71. The average Bonchev–Trinajstić information content (AvgIpc) is 2.79. The predicted octanol–water partition coefficient (Wildman–Crippen LogP) is 3.30. The van der Waals surface area contributed by atoms with Gasteiger partial charge in [-0.3, -0.25) is 0 Å². The summed E-state index contributed by atoms with van der Waals surface area (Å²) in [6, 6.07) is 8.11. The van der Waals surface area contributed by atoms with Gasteiger partial charge in [0.1, 0.15) is 11.6 Å². The lowest BCUT2D eigenvalue weighted by atomic mass is 9.90. The monoisotopic (exact) mass is 512 g/mol. The molecule has 0 bridgehead atoms. The fraction of sp³-hybridized carbons (Fsp3) is 0.417. The smallest absolute Gasteiger partial charge is 0.175 e. The lowest BCUT2D eigenvalue weighted by Gasteiger charge is -2.23. The average molecular weight is 513 g/mol. The van der Waals surface area contributed by atoms with Gasteiger partial charge in [-0.1, -0.05) is 6.08 Å². The van der Waals surface area contributed by atoms with E-state index in [9.17, 15) is 25.6 Å². The van der Waals surface area contributed by atoms with Gasteiger partial charge in [-0.25, -0.2) is 25.6 Å². The Balaban J connectivity index is 0.000000191. The quantitative estimate of drug-likeness (QED) is 0.653. The molecule has 0 unspecified atom stereocenters. The molecule has 2 aliphatic heterocycles. The van der Waals surface area contributed by atoms with Crippen molar-refractivity contribution in [3.8, 4) is 0 Å². The standard InChI is InChI=1S/C12H16FNO2S.C12H14FNO2S/c2*1-17(15,16)12-7-10(6-11(13)8-12)9-2-4-14-5-3-9/h6-9,14H,2-5H2,1H3;2,6-8,14H,3-5H2,1H3. The van der Waals surface area contributed by atoms with Crippen LogP contribution in [0.5, 0.6) is 0 Å². The maximum atomic E-state index is 13.4. The van der Waals surface area contributed by atoms with Crippen molar-refractivity contribution in [1.82, 2.24) is 10.6 Å². The van der Waals surface area contributed by atoms with Crippen LogP contribution in [0.1, 0.15) is 36.3 Å². The van der Waals surface area contributed by atoms with E-state index in [0.717, 1.165) is 81.2 Å². The van der Waals surface area contributed by atoms with Gasteiger partial charge in [0.15, 0.2) is 19.7 Å². The van der Waals surface area contributed by atoms with Gasteiger partial charge in [0, 0.05) is 19.1 Å². The molecule has 2 aliphatic rings. The molecule has 186 valence electrons. The first-order chi connectivity index (χ1) is 15.9. The molecule has 0 atom stereocenters. The zero-order chi connectivity index (χ0) is 24.9. The fourth-order valence-electron chi connectivity index (χ4n) is 4.04. The molecule has 2 heterocycles. The van der Waals surface area contributed by atoms with Crippen LogP contribution in [0.4, 0.5) is 8.78 Å². The van der Waals surface area contributed by atoms with Crippen molar-refractivity contribution >= 4 is 25.2 Å². The van der Waals surface area contributed by atoms with Gasteiger partial charge in [-0.2, -0.15) is 0 Å². The molecule has 0 aliphatic carbocycles. The highest BCUT2D eigenvalue weighted by Gasteiger charge is 2.19. The number of halogens is 2. The number of rotatable bonds is 4. The van der Waals surface area contributed by atoms with Gasteiger partial charge >= 0.3 is 0 Å². The summed E-state index contributed by atoms with van der Waals surface area (Å²) in [4.78, 5) is 0.109. The molecular formula is C24H30F2N2O4S2. The molecule has 2 N–H and O–H groups in total. The second kappa shape index (κ2) is 11.1. The van der Waals surface area contributed by atoms with Gasteiger partial charge in [0.05, 0.1) is 9.79 Å². The molecule has 0 radical (unpaired) electrons. The summed E-state index contributed by atoms with van der Waals surface area (Å²) in [5, 5.41) is 6.39. The molecule has 0 spiro atoms.